The summed E-state index contributed by atoms with van der Waals surface area (Å²) in [5.41, 5.74) is 5.78. The van der Waals surface area contributed by atoms with Crippen molar-refractivity contribution in [2.24, 2.45) is 0 Å². The molecule has 28 heavy (non-hydrogen) atoms. The number of pyridine rings is 1. The average Bonchev–Trinajstić information content (AvgIpc) is 2.74. The molecule has 140 valence electrons. The van der Waals surface area contributed by atoms with Crippen LogP contribution in [-0.4, -0.2) is 26.3 Å². The molecule has 0 aliphatic carbocycles. The molecule has 4 rings (SSSR count). The lowest BCUT2D eigenvalue weighted by Crippen LogP contribution is -2.40. The van der Waals surface area contributed by atoms with E-state index in [4.69, 9.17) is 16.3 Å². The minimum atomic E-state index is 0.639. The first-order valence-corrected chi connectivity index (χ1v) is 9.69. The van der Waals surface area contributed by atoms with E-state index in [1.807, 2.05) is 24.3 Å². The predicted molar refractivity (Wildman–Crippen MR) is 111 cm³/mol. The molecule has 0 radical (unpaired) electrons. The zero-order valence-corrected chi connectivity index (χ0v) is 16.5. The Hall–Kier alpha value is -2.87. The van der Waals surface area contributed by atoms with Gasteiger partial charge in [-0.05, 0) is 30.7 Å². The van der Waals surface area contributed by atoms with E-state index in [1.165, 1.54) is 5.56 Å². The molecular weight excluding hydrogens is 370 g/mol. The second-order valence-corrected chi connectivity index (χ2v) is 7.34. The normalized spacial score (nSPS) is 14.0. The number of anilines is 1. The number of aromatic nitrogens is 1. The maximum absolute atomic E-state index is 9.99. The third-order valence-electron chi connectivity index (χ3n) is 5.00. The molecule has 0 saturated carbocycles. The fraction of sp³-hybridized carbons (Fsp3) is 0.217. The summed E-state index contributed by atoms with van der Waals surface area (Å²) in [7, 11) is 0. The summed E-state index contributed by atoms with van der Waals surface area (Å²) in [6.45, 7) is 4.89. The van der Waals surface area contributed by atoms with Crippen LogP contribution in [0.25, 0.3) is 22.4 Å². The number of aromatic amines is 1. The van der Waals surface area contributed by atoms with Crippen molar-refractivity contribution in [2.45, 2.75) is 6.92 Å². The van der Waals surface area contributed by atoms with Gasteiger partial charge >= 0.3 is 0 Å². The first-order chi connectivity index (χ1) is 13.7. The van der Waals surface area contributed by atoms with E-state index in [1.54, 1.807) is 0 Å². The number of aryl methyl sites for hydroxylation is 1. The molecule has 1 aliphatic rings. The van der Waals surface area contributed by atoms with Crippen LogP contribution < -0.4 is 9.88 Å². The van der Waals surface area contributed by atoms with Crippen molar-refractivity contribution in [3.05, 3.63) is 70.7 Å². The molecule has 0 amide bonds. The van der Waals surface area contributed by atoms with Crippen LogP contribution in [0.1, 0.15) is 11.1 Å². The number of nitriles is 1. The maximum Gasteiger partial charge on any atom is 0.293 e. The molecule has 0 unspecified atom stereocenters. The Labute approximate surface area is 170 Å². The molecule has 5 heteroatoms. The van der Waals surface area contributed by atoms with Gasteiger partial charge in [0.2, 0.25) is 0 Å². The number of nitrogens with one attached hydrogen (secondary N) is 1. The number of H-pyrrole nitrogens is 1. The summed E-state index contributed by atoms with van der Waals surface area (Å²) in [6, 6.07) is 20.5. The van der Waals surface area contributed by atoms with Gasteiger partial charge < -0.3 is 4.74 Å². The van der Waals surface area contributed by atoms with E-state index in [2.05, 4.69) is 53.2 Å². The van der Waals surface area contributed by atoms with Gasteiger partial charge in [0.15, 0.2) is 0 Å². The minimum absolute atomic E-state index is 0.639. The molecule has 0 bridgehead atoms. The van der Waals surface area contributed by atoms with Crippen molar-refractivity contribution in [1.29, 1.82) is 5.26 Å². The van der Waals surface area contributed by atoms with Crippen molar-refractivity contribution in [2.75, 3.05) is 31.2 Å². The standard InChI is InChI=1S/C23H20ClN3O/c1-16-2-4-18(5-3-16)22-14-20(17-6-8-19(24)9-7-17)21(15-25)23(26-22)27-10-12-28-13-11-27/h2-9,14H,10-13H2,1H3/p+1. The molecule has 2 aromatic carbocycles. The maximum atomic E-state index is 9.99. The summed E-state index contributed by atoms with van der Waals surface area (Å²) in [4.78, 5) is 5.71. The highest BCUT2D eigenvalue weighted by Crippen LogP contribution is 2.32. The zero-order valence-electron chi connectivity index (χ0n) is 15.7. The highest BCUT2D eigenvalue weighted by atomic mass is 35.5. The van der Waals surface area contributed by atoms with Gasteiger partial charge in [0.05, 0.1) is 13.2 Å². The summed E-state index contributed by atoms with van der Waals surface area (Å²) < 4.78 is 5.50. The van der Waals surface area contributed by atoms with Crippen LogP contribution >= 0.6 is 11.6 Å². The van der Waals surface area contributed by atoms with Crippen LogP contribution in [0.5, 0.6) is 0 Å². The predicted octanol–water partition coefficient (Wildman–Crippen LogP) is 4.50. The van der Waals surface area contributed by atoms with E-state index in [0.717, 1.165) is 41.3 Å². The van der Waals surface area contributed by atoms with Gasteiger partial charge in [0.25, 0.3) is 5.82 Å². The van der Waals surface area contributed by atoms with Crippen LogP contribution in [0.4, 0.5) is 5.82 Å². The zero-order chi connectivity index (χ0) is 19.5. The Morgan fingerprint density at radius 2 is 1.64 bits per heavy atom. The lowest BCUT2D eigenvalue weighted by Gasteiger charge is -2.23. The molecule has 4 nitrogen and oxygen atoms in total. The van der Waals surface area contributed by atoms with E-state index in [-0.39, 0.29) is 0 Å². The monoisotopic (exact) mass is 390 g/mol. The number of rotatable bonds is 3. The molecule has 1 fully saturated rings. The molecule has 0 atom stereocenters. The van der Waals surface area contributed by atoms with Gasteiger partial charge in [-0.3, -0.25) is 4.90 Å². The van der Waals surface area contributed by atoms with E-state index < -0.39 is 0 Å². The van der Waals surface area contributed by atoms with E-state index in [0.29, 0.717) is 23.8 Å². The van der Waals surface area contributed by atoms with Gasteiger partial charge in [0.1, 0.15) is 30.4 Å². The number of hydrogen-bond acceptors (Lipinski definition) is 3. The second-order valence-electron chi connectivity index (χ2n) is 6.90. The molecule has 1 aromatic heterocycles. The molecule has 1 saturated heterocycles. The number of hydrogen-bond donors (Lipinski definition) is 0. The number of benzene rings is 2. The van der Waals surface area contributed by atoms with Crippen LogP contribution in [0.2, 0.25) is 5.02 Å². The topological polar surface area (TPSA) is 50.4 Å². The SMILES string of the molecule is Cc1ccc(-c2cc(-c3ccc(Cl)cc3)c(C#N)c(N3CCOCC3)[nH+]2)cc1. The fourth-order valence-corrected chi connectivity index (χ4v) is 3.58. The lowest BCUT2D eigenvalue weighted by molar-refractivity contribution is -0.351. The summed E-state index contributed by atoms with van der Waals surface area (Å²) >= 11 is 6.07. The molecule has 0 spiro atoms. The Morgan fingerprint density at radius 1 is 1.00 bits per heavy atom. The van der Waals surface area contributed by atoms with Crippen LogP contribution in [0, 0.1) is 18.3 Å². The summed E-state index contributed by atoms with van der Waals surface area (Å²) in [5, 5.41) is 10.7. The summed E-state index contributed by atoms with van der Waals surface area (Å²) in [6.07, 6.45) is 0. The Kier molecular flexibility index (Phi) is 5.29. The molecular formula is C23H21ClN3O+. The van der Waals surface area contributed by atoms with Crippen LogP contribution in [0.15, 0.2) is 54.6 Å². The van der Waals surface area contributed by atoms with Gasteiger partial charge in [-0.2, -0.15) is 5.26 Å². The number of nitrogens with zero attached hydrogens (tertiary/aromatic N) is 2. The Bertz CT molecular complexity index is 1020. The van der Waals surface area contributed by atoms with Gasteiger partial charge in [-0.15, -0.1) is 0 Å². The quantitative estimate of drug-likeness (QED) is 0.661. The molecule has 1 aliphatic heterocycles. The van der Waals surface area contributed by atoms with Gasteiger partial charge in [0, 0.05) is 16.1 Å². The number of ether oxygens (including phenoxy) is 1. The first kappa shape index (κ1) is 18.5. The van der Waals surface area contributed by atoms with E-state index >= 15 is 0 Å². The van der Waals surface area contributed by atoms with Crippen molar-refractivity contribution in [1.82, 2.24) is 0 Å². The third kappa shape index (κ3) is 3.73. The van der Waals surface area contributed by atoms with Crippen molar-refractivity contribution >= 4 is 17.4 Å². The highest BCUT2D eigenvalue weighted by molar-refractivity contribution is 6.30. The van der Waals surface area contributed by atoms with Gasteiger partial charge in [-0.25, -0.2) is 4.98 Å². The molecule has 3 aromatic rings. The van der Waals surface area contributed by atoms with Crippen molar-refractivity contribution < 1.29 is 9.72 Å². The van der Waals surface area contributed by atoms with Crippen molar-refractivity contribution in [3.63, 3.8) is 0 Å². The van der Waals surface area contributed by atoms with Gasteiger partial charge in [-0.1, -0.05) is 53.6 Å². The first-order valence-electron chi connectivity index (χ1n) is 9.32. The third-order valence-corrected chi connectivity index (χ3v) is 5.26. The number of morpholine rings is 1. The smallest absolute Gasteiger partial charge is 0.293 e. The van der Waals surface area contributed by atoms with E-state index in [9.17, 15) is 5.26 Å². The average molecular weight is 391 g/mol. The fourth-order valence-electron chi connectivity index (χ4n) is 3.45. The molecule has 2 heterocycles. The summed E-state index contributed by atoms with van der Waals surface area (Å²) in [5.74, 6) is 0.842. The number of halogens is 1. The van der Waals surface area contributed by atoms with Crippen molar-refractivity contribution in [3.8, 4) is 28.5 Å². The van der Waals surface area contributed by atoms with Crippen LogP contribution in [-0.2, 0) is 4.74 Å². The Morgan fingerprint density at radius 3 is 2.29 bits per heavy atom. The Balaban J connectivity index is 1.92. The van der Waals surface area contributed by atoms with Crippen LogP contribution in [0.3, 0.4) is 0 Å². The second kappa shape index (κ2) is 8.02. The molecule has 1 N–H and O–H groups in total. The highest BCUT2D eigenvalue weighted by Gasteiger charge is 2.27. The minimum Gasteiger partial charge on any atom is -0.373 e. The lowest BCUT2D eigenvalue weighted by atomic mass is 9.97. The largest absolute Gasteiger partial charge is 0.373 e.